The molecule has 2 N–H and O–H groups in total. The minimum absolute atomic E-state index is 0.00249. The van der Waals surface area contributed by atoms with Gasteiger partial charge in [-0.25, -0.2) is 13.1 Å². The monoisotopic (exact) mass is 232 g/mol. The first kappa shape index (κ1) is 12.7. The van der Waals surface area contributed by atoms with Crippen LogP contribution in [0.2, 0.25) is 0 Å². The summed E-state index contributed by atoms with van der Waals surface area (Å²) in [4.78, 5) is 0. The Labute approximate surface area is 92.2 Å². The number of piperidine rings is 1. The van der Waals surface area contributed by atoms with Crippen molar-refractivity contribution in [2.75, 3.05) is 18.8 Å². The van der Waals surface area contributed by atoms with Gasteiger partial charge in [-0.15, -0.1) is 6.58 Å². The van der Waals surface area contributed by atoms with Crippen LogP contribution in [0.5, 0.6) is 0 Å². The second kappa shape index (κ2) is 5.63. The fourth-order valence-corrected chi connectivity index (χ4v) is 3.05. The van der Waals surface area contributed by atoms with Crippen molar-refractivity contribution in [1.29, 1.82) is 0 Å². The highest BCUT2D eigenvalue weighted by Gasteiger charge is 2.23. The van der Waals surface area contributed by atoms with Gasteiger partial charge in [-0.2, -0.15) is 0 Å². The van der Waals surface area contributed by atoms with Crippen LogP contribution >= 0.6 is 0 Å². The molecule has 1 fully saturated rings. The lowest BCUT2D eigenvalue weighted by atomic mass is 9.94. The SMILES string of the molecule is C=CCS(=O)(=O)NC(C)C1CCCNC1. The zero-order chi connectivity index (χ0) is 11.3. The zero-order valence-electron chi connectivity index (χ0n) is 9.20. The average molecular weight is 232 g/mol. The standard InChI is InChI=1S/C10H20N2O2S/c1-3-7-15(13,14)12-9(2)10-5-4-6-11-8-10/h3,9-12H,1,4-8H2,2H3. The van der Waals surface area contributed by atoms with Crippen LogP contribution in [0.1, 0.15) is 19.8 Å². The van der Waals surface area contributed by atoms with Crippen molar-refractivity contribution >= 4 is 10.0 Å². The van der Waals surface area contributed by atoms with Gasteiger partial charge < -0.3 is 5.32 Å². The Morgan fingerprint density at radius 1 is 1.67 bits per heavy atom. The molecule has 0 spiro atoms. The molecule has 2 atom stereocenters. The summed E-state index contributed by atoms with van der Waals surface area (Å²) in [5.41, 5.74) is 0. The first-order valence-electron chi connectivity index (χ1n) is 5.37. The maximum absolute atomic E-state index is 11.5. The summed E-state index contributed by atoms with van der Waals surface area (Å²) in [6, 6.07) is 0.00255. The van der Waals surface area contributed by atoms with E-state index in [0.717, 1.165) is 25.9 Å². The average Bonchev–Trinajstić information content (AvgIpc) is 2.18. The number of rotatable bonds is 5. The predicted octanol–water partition coefficient (Wildman–Crippen LogP) is 0.480. The molecule has 1 aliphatic heterocycles. The summed E-state index contributed by atoms with van der Waals surface area (Å²) in [5.74, 6) is 0.399. The third-order valence-electron chi connectivity index (χ3n) is 2.74. The molecule has 4 nitrogen and oxygen atoms in total. The van der Waals surface area contributed by atoms with E-state index in [0.29, 0.717) is 5.92 Å². The molecule has 2 unspecified atom stereocenters. The summed E-state index contributed by atoms with van der Waals surface area (Å²) in [7, 11) is -3.18. The Morgan fingerprint density at radius 3 is 2.93 bits per heavy atom. The normalized spacial score (nSPS) is 24.7. The number of hydrogen-bond donors (Lipinski definition) is 2. The fraction of sp³-hybridized carbons (Fsp3) is 0.800. The molecule has 1 saturated heterocycles. The first-order valence-corrected chi connectivity index (χ1v) is 7.02. The molecule has 0 aromatic carbocycles. The van der Waals surface area contributed by atoms with E-state index in [1.807, 2.05) is 6.92 Å². The maximum Gasteiger partial charge on any atom is 0.215 e. The van der Waals surface area contributed by atoms with Crippen molar-refractivity contribution in [2.45, 2.75) is 25.8 Å². The molecule has 15 heavy (non-hydrogen) atoms. The Hall–Kier alpha value is -0.390. The second-order valence-electron chi connectivity index (χ2n) is 4.08. The van der Waals surface area contributed by atoms with Crippen LogP contribution in [-0.2, 0) is 10.0 Å². The molecule has 0 bridgehead atoms. The lowest BCUT2D eigenvalue weighted by Crippen LogP contribution is -2.45. The van der Waals surface area contributed by atoms with Crippen molar-refractivity contribution in [3.63, 3.8) is 0 Å². The third kappa shape index (κ3) is 4.32. The smallest absolute Gasteiger partial charge is 0.215 e. The molecule has 0 aromatic heterocycles. The first-order chi connectivity index (χ1) is 7.05. The van der Waals surface area contributed by atoms with Gasteiger partial charge in [0.2, 0.25) is 10.0 Å². The largest absolute Gasteiger partial charge is 0.316 e. The van der Waals surface area contributed by atoms with E-state index in [1.54, 1.807) is 0 Å². The minimum atomic E-state index is -3.18. The summed E-state index contributed by atoms with van der Waals surface area (Å²) >= 11 is 0. The molecule has 0 amide bonds. The lowest BCUT2D eigenvalue weighted by molar-refractivity contribution is 0.320. The molecule has 1 rings (SSSR count). The molecule has 88 valence electrons. The number of nitrogens with one attached hydrogen (secondary N) is 2. The minimum Gasteiger partial charge on any atom is -0.316 e. The van der Waals surface area contributed by atoms with Gasteiger partial charge in [0.1, 0.15) is 0 Å². The van der Waals surface area contributed by atoms with E-state index in [9.17, 15) is 8.42 Å². The molecule has 0 aromatic rings. The lowest BCUT2D eigenvalue weighted by Gasteiger charge is -2.28. The van der Waals surface area contributed by atoms with Crippen molar-refractivity contribution in [2.24, 2.45) is 5.92 Å². The van der Waals surface area contributed by atoms with Crippen molar-refractivity contribution in [1.82, 2.24) is 10.0 Å². The molecular weight excluding hydrogens is 212 g/mol. The van der Waals surface area contributed by atoms with E-state index < -0.39 is 10.0 Å². The van der Waals surface area contributed by atoms with Gasteiger partial charge in [-0.05, 0) is 38.8 Å². The summed E-state index contributed by atoms with van der Waals surface area (Å²) in [6.07, 6.45) is 3.62. The number of sulfonamides is 1. The molecular formula is C10H20N2O2S. The van der Waals surface area contributed by atoms with Crippen LogP contribution < -0.4 is 10.0 Å². The molecule has 0 saturated carbocycles. The Bertz CT molecular complexity index is 295. The summed E-state index contributed by atoms with van der Waals surface area (Å²) in [6.45, 7) is 7.31. The molecule has 1 heterocycles. The Balaban J connectivity index is 2.46. The molecule has 5 heteroatoms. The van der Waals surface area contributed by atoms with Gasteiger partial charge in [-0.3, -0.25) is 0 Å². The van der Waals surface area contributed by atoms with E-state index in [4.69, 9.17) is 0 Å². The van der Waals surface area contributed by atoms with E-state index >= 15 is 0 Å². The second-order valence-corrected chi connectivity index (χ2v) is 5.88. The van der Waals surface area contributed by atoms with Crippen molar-refractivity contribution in [3.05, 3.63) is 12.7 Å². The zero-order valence-corrected chi connectivity index (χ0v) is 10.0. The van der Waals surface area contributed by atoms with Gasteiger partial charge in [0.15, 0.2) is 0 Å². The topological polar surface area (TPSA) is 58.2 Å². The molecule has 1 aliphatic rings. The Morgan fingerprint density at radius 2 is 2.40 bits per heavy atom. The highest BCUT2D eigenvalue weighted by atomic mass is 32.2. The quantitative estimate of drug-likeness (QED) is 0.678. The van der Waals surface area contributed by atoms with Crippen LogP contribution in [0, 0.1) is 5.92 Å². The van der Waals surface area contributed by atoms with Crippen LogP contribution in [0.15, 0.2) is 12.7 Å². The van der Waals surface area contributed by atoms with E-state index in [-0.39, 0.29) is 11.8 Å². The van der Waals surface area contributed by atoms with Gasteiger partial charge in [0.25, 0.3) is 0 Å². The summed E-state index contributed by atoms with van der Waals surface area (Å²) < 4.78 is 25.6. The Kier molecular flexibility index (Phi) is 4.76. The van der Waals surface area contributed by atoms with Gasteiger partial charge in [-0.1, -0.05) is 6.08 Å². The molecule has 0 radical (unpaired) electrons. The van der Waals surface area contributed by atoms with Crippen molar-refractivity contribution < 1.29 is 8.42 Å². The predicted molar refractivity (Wildman–Crippen MR) is 62.2 cm³/mol. The number of hydrogen-bond acceptors (Lipinski definition) is 3. The van der Waals surface area contributed by atoms with Crippen LogP contribution in [0.25, 0.3) is 0 Å². The van der Waals surface area contributed by atoms with Gasteiger partial charge in [0, 0.05) is 6.04 Å². The third-order valence-corrected chi connectivity index (χ3v) is 4.15. The fourth-order valence-electron chi connectivity index (χ4n) is 1.89. The van der Waals surface area contributed by atoms with E-state index in [2.05, 4.69) is 16.6 Å². The van der Waals surface area contributed by atoms with Crippen molar-refractivity contribution in [3.8, 4) is 0 Å². The van der Waals surface area contributed by atoms with Crippen LogP contribution in [0.3, 0.4) is 0 Å². The summed E-state index contributed by atoms with van der Waals surface area (Å²) in [5, 5.41) is 3.28. The van der Waals surface area contributed by atoms with Crippen LogP contribution in [-0.4, -0.2) is 33.3 Å². The highest BCUT2D eigenvalue weighted by Crippen LogP contribution is 2.14. The van der Waals surface area contributed by atoms with Gasteiger partial charge in [0.05, 0.1) is 5.75 Å². The van der Waals surface area contributed by atoms with Crippen LogP contribution in [0.4, 0.5) is 0 Å². The van der Waals surface area contributed by atoms with E-state index in [1.165, 1.54) is 6.08 Å². The maximum atomic E-state index is 11.5. The highest BCUT2D eigenvalue weighted by molar-refractivity contribution is 7.89. The molecule has 0 aliphatic carbocycles. The van der Waals surface area contributed by atoms with Gasteiger partial charge >= 0.3 is 0 Å².